The van der Waals surface area contributed by atoms with Crippen LogP contribution in [0.25, 0.3) is 5.52 Å². The van der Waals surface area contributed by atoms with Crippen LogP contribution < -0.4 is 15.5 Å². The van der Waals surface area contributed by atoms with E-state index < -0.39 is 6.04 Å². The molecule has 27 heavy (non-hydrogen) atoms. The number of piperazine rings is 1. The smallest absolute Gasteiger partial charge is 0.315 e. The summed E-state index contributed by atoms with van der Waals surface area (Å²) in [5, 5.41) is 10.1. The molecule has 2 fully saturated rings. The number of aromatic nitrogens is 3. The summed E-state index contributed by atoms with van der Waals surface area (Å²) in [4.78, 5) is 32.6. The van der Waals surface area contributed by atoms with Crippen molar-refractivity contribution < 1.29 is 9.59 Å². The van der Waals surface area contributed by atoms with Crippen LogP contribution in [0.15, 0.2) is 12.4 Å². The minimum absolute atomic E-state index is 0.0131. The van der Waals surface area contributed by atoms with Gasteiger partial charge >= 0.3 is 6.03 Å². The van der Waals surface area contributed by atoms with Gasteiger partial charge in [0.1, 0.15) is 11.6 Å². The number of carbonyl (C=O) groups excluding carboxylic acids is 2. The van der Waals surface area contributed by atoms with Gasteiger partial charge in [0.25, 0.3) is 0 Å². The van der Waals surface area contributed by atoms with Gasteiger partial charge in [0.05, 0.1) is 5.69 Å². The molecule has 3 amide bonds. The maximum atomic E-state index is 12.6. The van der Waals surface area contributed by atoms with Crippen molar-refractivity contribution >= 4 is 23.3 Å². The Hall–Kier alpha value is -2.84. The Balaban J connectivity index is 1.35. The Morgan fingerprint density at radius 3 is 2.74 bits per heavy atom. The number of amides is 3. The molecule has 0 aromatic carbocycles. The van der Waals surface area contributed by atoms with E-state index >= 15 is 0 Å². The minimum Gasteiger partial charge on any atom is -0.351 e. The van der Waals surface area contributed by atoms with Gasteiger partial charge in [-0.05, 0) is 25.7 Å². The zero-order valence-electron chi connectivity index (χ0n) is 15.1. The van der Waals surface area contributed by atoms with Crippen molar-refractivity contribution in [2.24, 2.45) is 0 Å². The SMILES string of the molecule is O=C1NCC(C(=O)N2CCN(c3nccn4nc5c(c34)CCCC5)CC2)N1. The number of rotatable bonds is 2. The highest BCUT2D eigenvalue weighted by Crippen LogP contribution is 2.30. The van der Waals surface area contributed by atoms with Crippen LogP contribution in [-0.4, -0.2) is 70.2 Å². The fourth-order valence-electron chi connectivity index (χ4n) is 4.34. The third kappa shape index (κ3) is 2.77. The predicted molar refractivity (Wildman–Crippen MR) is 98.7 cm³/mol. The molecule has 0 radical (unpaired) electrons. The van der Waals surface area contributed by atoms with Crippen molar-refractivity contribution in [2.45, 2.75) is 31.7 Å². The predicted octanol–water partition coefficient (Wildman–Crippen LogP) is -0.0619. The second kappa shape index (κ2) is 6.40. The van der Waals surface area contributed by atoms with Gasteiger partial charge in [-0.3, -0.25) is 4.79 Å². The molecule has 142 valence electrons. The van der Waals surface area contributed by atoms with Gasteiger partial charge < -0.3 is 20.4 Å². The normalized spacial score (nSPS) is 22.5. The van der Waals surface area contributed by atoms with Crippen LogP contribution in [0.5, 0.6) is 0 Å². The number of anilines is 1. The Labute approximate surface area is 156 Å². The van der Waals surface area contributed by atoms with Crippen LogP contribution in [0, 0.1) is 0 Å². The summed E-state index contributed by atoms with van der Waals surface area (Å²) in [6, 6.07) is -0.721. The van der Waals surface area contributed by atoms with E-state index in [4.69, 9.17) is 5.10 Å². The molecule has 9 heteroatoms. The first kappa shape index (κ1) is 16.3. The van der Waals surface area contributed by atoms with E-state index in [2.05, 4.69) is 20.5 Å². The standard InChI is InChI=1S/C18H23N7O2/c26-17(14-11-20-18(27)21-14)24-9-7-23(8-10-24)16-15-12-3-1-2-4-13(12)22-25(15)6-5-19-16/h5-6,14H,1-4,7-11H2,(H2,20,21,27). The average molecular weight is 369 g/mol. The van der Waals surface area contributed by atoms with Gasteiger partial charge in [-0.1, -0.05) is 0 Å². The quantitative estimate of drug-likeness (QED) is 0.773. The summed E-state index contributed by atoms with van der Waals surface area (Å²) in [5.41, 5.74) is 3.66. The zero-order valence-corrected chi connectivity index (χ0v) is 15.1. The number of urea groups is 1. The summed E-state index contributed by atoms with van der Waals surface area (Å²) in [6.07, 6.45) is 8.23. The number of carbonyl (C=O) groups is 2. The van der Waals surface area contributed by atoms with Crippen LogP contribution in [0.3, 0.4) is 0 Å². The molecular formula is C18H23N7O2. The molecule has 9 nitrogen and oxygen atoms in total. The highest BCUT2D eigenvalue weighted by Gasteiger charge is 2.33. The van der Waals surface area contributed by atoms with Crippen molar-refractivity contribution in [3.05, 3.63) is 23.7 Å². The Morgan fingerprint density at radius 2 is 1.96 bits per heavy atom. The zero-order chi connectivity index (χ0) is 18.4. The van der Waals surface area contributed by atoms with Crippen molar-refractivity contribution in [3.8, 4) is 0 Å². The third-order valence-electron chi connectivity index (χ3n) is 5.76. The van der Waals surface area contributed by atoms with E-state index in [1.807, 2.05) is 15.6 Å². The molecule has 2 aliphatic heterocycles. The number of aryl methyl sites for hydroxylation is 2. The first-order valence-corrected chi connectivity index (χ1v) is 9.64. The van der Waals surface area contributed by atoms with Gasteiger partial charge in [-0.2, -0.15) is 5.10 Å². The molecule has 2 saturated heterocycles. The summed E-state index contributed by atoms with van der Waals surface area (Å²) < 4.78 is 1.97. The molecule has 3 aliphatic rings. The molecule has 1 atom stereocenters. The van der Waals surface area contributed by atoms with Gasteiger partial charge in [0.15, 0.2) is 5.82 Å². The van der Waals surface area contributed by atoms with Gasteiger partial charge in [0.2, 0.25) is 5.91 Å². The molecule has 2 aromatic heterocycles. The van der Waals surface area contributed by atoms with Gasteiger partial charge in [-0.15, -0.1) is 0 Å². The molecular weight excluding hydrogens is 346 g/mol. The molecule has 1 unspecified atom stereocenters. The minimum atomic E-state index is -0.451. The fraction of sp³-hybridized carbons (Fsp3) is 0.556. The van der Waals surface area contributed by atoms with Crippen molar-refractivity contribution in [3.63, 3.8) is 0 Å². The van der Waals surface area contributed by atoms with Gasteiger partial charge in [-0.25, -0.2) is 14.3 Å². The summed E-state index contributed by atoms with van der Waals surface area (Å²) in [5.74, 6) is 0.956. The monoisotopic (exact) mass is 369 g/mol. The van der Waals surface area contributed by atoms with Crippen LogP contribution >= 0.6 is 0 Å². The maximum absolute atomic E-state index is 12.6. The van der Waals surface area contributed by atoms with Crippen LogP contribution in [0.4, 0.5) is 10.6 Å². The first-order chi connectivity index (χ1) is 13.2. The topological polar surface area (TPSA) is 94.9 Å². The molecule has 4 heterocycles. The van der Waals surface area contributed by atoms with Crippen molar-refractivity contribution in [2.75, 3.05) is 37.6 Å². The lowest BCUT2D eigenvalue weighted by molar-refractivity contribution is -0.132. The first-order valence-electron chi connectivity index (χ1n) is 9.64. The lowest BCUT2D eigenvalue weighted by Gasteiger charge is -2.36. The Morgan fingerprint density at radius 1 is 1.15 bits per heavy atom. The van der Waals surface area contributed by atoms with E-state index in [0.29, 0.717) is 19.6 Å². The molecule has 5 rings (SSSR count). The highest BCUT2D eigenvalue weighted by molar-refractivity contribution is 5.90. The van der Waals surface area contributed by atoms with E-state index in [1.165, 1.54) is 24.1 Å². The Kier molecular flexibility index (Phi) is 3.87. The van der Waals surface area contributed by atoms with Crippen LogP contribution in [0.2, 0.25) is 0 Å². The Bertz CT molecular complexity index is 900. The number of nitrogens with one attached hydrogen (secondary N) is 2. The summed E-state index contributed by atoms with van der Waals surface area (Å²) in [7, 11) is 0. The van der Waals surface area contributed by atoms with Crippen LogP contribution in [0.1, 0.15) is 24.1 Å². The third-order valence-corrected chi connectivity index (χ3v) is 5.76. The lowest BCUT2D eigenvalue weighted by atomic mass is 9.97. The summed E-state index contributed by atoms with van der Waals surface area (Å²) >= 11 is 0. The van der Waals surface area contributed by atoms with Gasteiger partial charge in [0, 0.05) is 50.7 Å². The van der Waals surface area contributed by atoms with E-state index in [1.54, 1.807) is 6.20 Å². The molecule has 0 spiro atoms. The molecule has 1 aliphatic carbocycles. The number of hydrogen-bond donors (Lipinski definition) is 2. The molecule has 2 N–H and O–H groups in total. The fourth-order valence-corrected chi connectivity index (χ4v) is 4.34. The van der Waals surface area contributed by atoms with Crippen LogP contribution in [-0.2, 0) is 17.6 Å². The van der Waals surface area contributed by atoms with Crippen molar-refractivity contribution in [1.82, 2.24) is 30.1 Å². The number of fused-ring (bicyclic) bond motifs is 3. The van der Waals surface area contributed by atoms with E-state index in [0.717, 1.165) is 37.3 Å². The molecule has 0 saturated carbocycles. The van der Waals surface area contributed by atoms with E-state index in [9.17, 15) is 9.59 Å². The highest BCUT2D eigenvalue weighted by atomic mass is 16.2. The number of hydrogen-bond acceptors (Lipinski definition) is 5. The molecule has 2 aromatic rings. The number of nitrogens with zero attached hydrogens (tertiary/aromatic N) is 5. The van der Waals surface area contributed by atoms with Crippen molar-refractivity contribution in [1.29, 1.82) is 0 Å². The molecule has 0 bridgehead atoms. The largest absolute Gasteiger partial charge is 0.351 e. The van der Waals surface area contributed by atoms with E-state index in [-0.39, 0.29) is 11.9 Å². The maximum Gasteiger partial charge on any atom is 0.315 e. The average Bonchev–Trinajstić information content (AvgIpc) is 3.31. The second-order valence-corrected chi connectivity index (χ2v) is 7.40. The second-order valence-electron chi connectivity index (χ2n) is 7.40. The summed E-state index contributed by atoms with van der Waals surface area (Å²) in [6.45, 7) is 3.08. The lowest BCUT2D eigenvalue weighted by Crippen LogP contribution is -2.54.